The summed E-state index contributed by atoms with van der Waals surface area (Å²) in [7, 11) is 0. The number of hydrogen-bond acceptors (Lipinski definition) is 2. The van der Waals surface area contributed by atoms with Crippen LogP contribution in [0.3, 0.4) is 0 Å². The fourth-order valence-corrected chi connectivity index (χ4v) is 2.56. The number of imidazole rings is 1. The number of rotatable bonds is 5. The summed E-state index contributed by atoms with van der Waals surface area (Å²) in [5.74, 6) is 2.22. The van der Waals surface area contributed by atoms with Gasteiger partial charge in [0, 0.05) is 5.02 Å². The van der Waals surface area contributed by atoms with Crippen LogP contribution < -0.4 is 4.74 Å². The van der Waals surface area contributed by atoms with Gasteiger partial charge in [0.1, 0.15) is 18.2 Å². The zero-order valence-electron chi connectivity index (χ0n) is 12.8. The minimum absolute atomic E-state index is 0.412. The highest BCUT2D eigenvalue weighted by Crippen LogP contribution is 2.22. The molecule has 0 bridgehead atoms. The Morgan fingerprint density at radius 3 is 2.68 bits per heavy atom. The molecular weight excluding hydrogens is 296 g/mol. The monoisotopic (exact) mass is 314 g/mol. The standard InChI is InChI=1S/C18H19ClN2O/c1-3-12(2)13-4-7-15(8-5-13)22-11-18-20-16-9-6-14(19)10-17(16)21-18/h4-10,12H,3,11H2,1-2H3,(H,20,21)/t12-/m1/s1. The first-order valence-corrected chi connectivity index (χ1v) is 7.90. The van der Waals surface area contributed by atoms with Crippen molar-refractivity contribution >= 4 is 22.6 Å². The molecule has 1 heterocycles. The maximum Gasteiger partial charge on any atom is 0.146 e. The molecule has 0 aliphatic rings. The van der Waals surface area contributed by atoms with Crippen molar-refractivity contribution in [3.05, 3.63) is 58.9 Å². The van der Waals surface area contributed by atoms with Crippen molar-refractivity contribution < 1.29 is 4.74 Å². The lowest BCUT2D eigenvalue weighted by Crippen LogP contribution is -1.98. The molecule has 3 rings (SSSR count). The van der Waals surface area contributed by atoms with Crippen LogP contribution in [0.25, 0.3) is 11.0 Å². The molecule has 0 amide bonds. The predicted molar refractivity (Wildman–Crippen MR) is 90.6 cm³/mol. The Hall–Kier alpha value is -2.00. The molecule has 0 aliphatic carbocycles. The van der Waals surface area contributed by atoms with Gasteiger partial charge in [-0.05, 0) is 48.2 Å². The van der Waals surface area contributed by atoms with Crippen molar-refractivity contribution in [2.24, 2.45) is 0 Å². The molecular formula is C18H19ClN2O. The minimum atomic E-state index is 0.412. The van der Waals surface area contributed by atoms with Gasteiger partial charge >= 0.3 is 0 Å². The van der Waals surface area contributed by atoms with Crippen LogP contribution in [0.4, 0.5) is 0 Å². The average molecular weight is 315 g/mol. The van der Waals surface area contributed by atoms with E-state index in [1.54, 1.807) is 0 Å². The summed E-state index contributed by atoms with van der Waals surface area (Å²) >= 11 is 5.97. The van der Waals surface area contributed by atoms with Crippen LogP contribution in [-0.4, -0.2) is 9.97 Å². The van der Waals surface area contributed by atoms with Crippen LogP contribution in [0.1, 0.15) is 37.6 Å². The first kappa shape index (κ1) is 14.9. The van der Waals surface area contributed by atoms with Crippen LogP contribution in [0.15, 0.2) is 42.5 Å². The smallest absolute Gasteiger partial charge is 0.146 e. The van der Waals surface area contributed by atoms with E-state index in [0.717, 1.165) is 29.0 Å². The van der Waals surface area contributed by atoms with Gasteiger partial charge in [0.15, 0.2) is 0 Å². The van der Waals surface area contributed by atoms with E-state index in [2.05, 4.69) is 35.9 Å². The van der Waals surface area contributed by atoms with Gasteiger partial charge < -0.3 is 9.72 Å². The van der Waals surface area contributed by atoms with Gasteiger partial charge in [-0.1, -0.05) is 37.6 Å². The molecule has 0 radical (unpaired) electrons. The van der Waals surface area contributed by atoms with E-state index >= 15 is 0 Å². The summed E-state index contributed by atoms with van der Waals surface area (Å²) in [6, 6.07) is 13.9. The summed E-state index contributed by atoms with van der Waals surface area (Å²) in [5.41, 5.74) is 3.17. The Kier molecular flexibility index (Phi) is 4.34. The molecule has 1 N–H and O–H groups in total. The maximum absolute atomic E-state index is 5.97. The number of benzene rings is 2. The van der Waals surface area contributed by atoms with Gasteiger partial charge in [0.2, 0.25) is 0 Å². The quantitative estimate of drug-likeness (QED) is 0.693. The molecule has 3 aromatic rings. The molecule has 0 spiro atoms. The Bertz CT molecular complexity index is 764. The van der Waals surface area contributed by atoms with Crippen molar-refractivity contribution in [2.45, 2.75) is 32.8 Å². The molecule has 0 aliphatic heterocycles. The van der Waals surface area contributed by atoms with E-state index in [9.17, 15) is 0 Å². The van der Waals surface area contributed by atoms with E-state index in [4.69, 9.17) is 16.3 Å². The zero-order chi connectivity index (χ0) is 15.5. The molecule has 0 fully saturated rings. The van der Waals surface area contributed by atoms with Crippen molar-refractivity contribution in [3.8, 4) is 5.75 Å². The Labute approximate surface area is 135 Å². The Morgan fingerprint density at radius 1 is 1.18 bits per heavy atom. The van der Waals surface area contributed by atoms with E-state index in [1.807, 2.05) is 30.3 Å². The third-order valence-corrected chi connectivity index (χ3v) is 4.17. The summed E-state index contributed by atoms with van der Waals surface area (Å²) in [5, 5.41) is 0.698. The third-order valence-electron chi connectivity index (χ3n) is 3.93. The highest BCUT2D eigenvalue weighted by molar-refractivity contribution is 6.31. The van der Waals surface area contributed by atoms with Crippen molar-refractivity contribution in [1.82, 2.24) is 9.97 Å². The fourth-order valence-electron chi connectivity index (χ4n) is 2.38. The number of hydrogen-bond donors (Lipinski definition) is 1. The molecule has 1 aromatic heterocycles. The van der Waals surface area contributed by atoms with Gasteiger partial charge in [-0.3, -0.25) is 0 Å². The number of fused-ring (bicyclic) bond motifs is 1. The van der Waals surface area contributed by atoms with Crippen molar-refractivity contribution in [3.63, 3.8) is 0 Å². The third kappa shape index (κ3) is 3.25. The van der Waals surface area contributed by atoms with E-state index in [0.29, 0.717) is 17.5 Å². The van der Waals surface area contributed by atoms with Crippen LogP contribution in [-0.2, 0) is 6.61 Å². The minimum Gasteiger partial charge on any atom is -0.486 e. The number of ether oxygens (including phenoxy) is 1. The molecule has 3 nitrogen and oxygen atoms in total. The van der Waals surface area contributed by atoms with E-state index in [1.165, 1.54) is 5.56 Å². The molecule has 4 heteroatoms. The Balaban J connectivity index is 1.68. The number of H-pyrrole nitrogens is 1. The first-order chi connectivity index (χ1) is 10.7. The second kappa shape index (κ2) is 6.41. The number of halogens is 1. The molecule has 0 saturated heterocycles. The number of nitrogens with zero attached hydrogens (tertiary/aromatic N) is 1. The SMILES string of the molecule is CC[C@@H](C)c1ccc(OCc2nc3ccc(Cl)cc3[nH]2)cc1. The maximum atomic E-state index is 5.97. The van der Waals surface area contributed by atoms with Crippen LogP contribution in [0.2, 0.25) is 5.02 Å². The summed E-state index contributed by atoms with van der Waals surface area (Å²) in [6.07, 6.45) is 1.14. The van der Waals surface area contributed by atoms with Crippen LogP contribution in [0.5, 0.6) is 5.75 Å². The lowest BCUT2D eigenvalue weighted by Gasteiger charge is -2.10. The first-order valence-electron chi connectivity index (χ1n) is 7.52. The lowest BCUT2D eigenvalue weighted by molar-refractivity contribution is 0.297. The molecule has 2 aromatic carbocycles. The normalized spacial score (nSPS) is 12.5. The molecule has 22 heavy (non-hydrogen) atoms. The number of nitrogens with one attached hydrogen (secondary N) is 1. The highest BCUT2D eigenvalue weighted by atomic mass is 35.5. The van der Waals surface area contributed by atoms with Gasteiger partial charge in [0.25, 0.3) is 0 Å². The summed E-state index contributed by atoms with van der Waals surface area (Å²) in [4.78, 5) is 7.71. The predicted octanol–water partition coefficient (Wildman–Crippen LogP) is 5.31. The van der Waals surface area contributed by atoms with Gasteiger partial charge in [-0.25, -0.2) is 4.98 Å². The highest BCUT2D eigenvalue weighted by Gasteiger charge is 2.06. The lowest BCUT2D eigenvalue weighted by atomic mass is 9.99. The molecule has 114 valence electrons. The van der Waals surface area contributed by atoms with Crippen molar-refractivity contribution in [1.29, 1.82) is 0 Å². The summed E-state index contributed by atoms with van der Waals surface area (Å²) < 4.78 is 5.79. The van der Waals surface area contributed by atoms with Gasteiger partial charge in [-0.2, -0.15) is 0 Å². The molecule has 0 unspecified atom stereocenters. The van der Waals surface area contributed by atoms with Gasteiger partial charge in [-0.15, -0.1) is 0 Å². The fraction of sp³-hybridized carbons (Fsp3) is 0.278. The van der Waals surface area contributed by atoms with Crippen molar-refractivity contribution in [2.75, 3.05) is 0 Å². The second-order valence-corrected chi connectivity index (χ2v) is 5.95. The van der Waals surface area contributed by atoms with E-state index in [-0.39, 0.29) is 0 Å². The topological polar surface area (TPSA) is 37.9 Å². The largest absolute Gasteiger partial charge is 0.486 e. The van der Waals surface area contributed by atoms with Crippen LogP contribution >= 0.6 is 11.6 Å². The molecule has 1 atom stereocenters. The second-order valence-electron chi connectivity index (χ2n) is 5.51. The van der Waals surface area contributed by atoms with E-state index < -0.39 is 0 Å². The summed E-state index contributed by atoms with van der Waals surface area (Å²) in [6.45, 7) is 4.84. The Morgan fingerprint density at radius 2 is 1.95 bits per heavy atom. The molecule has 0 saturated carbocycles. The number of aromatic nitrogens is 2. The zero-order valence-corrected chi connectivity index (χ0v) is 13.5. The van der Waals surface area contributed by atoms with Gasteiger partial charge in [0.05, 0.1) is 11.0 Å². The average Bonchev–Trinajstić information content (AvgIpc) is 2.94. The number of aromatic amines is 1. The van der Waals surface area contributed by atoms with Crippen LogP contribution in [0, 0.1) is 0 Å².